The van der Waals surface area contributed by atoms with Gasteiger partial charge >= 0.3 is 0 Å². The Hall–Kier alpha value is -3.74. The fraction of sp³-hybridized carbons (Fsp3) is 0.0500. The highest BCUT2D eigenvalue weighted by Crippen LogP contribution is 2.47. The highest BCUT2D eigenvalue weighted by atomic mass is 35.7. The largest absolute Gasteiger partial charge is 0.222 e. The molecule has 1 aliphatic carbocycles. The van der Waals surface area contributed by atoms with Crippen molar-refractivity contribution in [3.63, 3.8) is 0 Å². The van der Waals surface area contributed by atoms with E-state index in [1.807, 2.05) is 11.8 Å². The molecule has 240 valence electrons. The lowest BCUT2D eigenvalue weighted by Crippen LogP contribution is -2.68. The maximum Gasteiger partial charge on any atom is 0.102 e. The van der Waals surface area contributed by atoms with Crippen LogP contribution in [0, 0.1) is 10.2 Å². The smallest absolute Gasteiger partial charge is 0.102 e. The minimum absolute atomic E-state index is 0.0429. The van der Waals surface area contributed by atoms with Gasteiger partial charge < -0.3 is 0 Å². The molecule has 6 aromatic carbocycles. The second-order valence-electron chi connectivity index (χ2n) is 11.2. The summed E-state index contributed by atoms with van der Waals surface area (Å²) in [4.78, 5) is 2.47. The van der Waals surface area contributed by atoms with Crippen LogP contribution in [-0.4, -0.2) is 0 Å². The number of halogens is 2. The summed E-state index contributed by atoms with van der Waals surface area (Å²) < 4.78 is 34.0. The molecule has 0 aromatic heterocycles. The third kappa shape index (κ3) is 8.64. The second kappa shape index (κ2) is 15.7. The van der Waals surface area contributed by atoms with Gasteiger partial charge in [0.2, 0.25) is 0 Å². The molecule has 6 aromatic rings. The molecule has 7 rings (SSSR count). The van der Waals surface area contributed by atoms with Crippen molar-refractivity contribution in [3.05, 3.63) is 191 Å². The summed E-state index contributed by atoms with van der Waals surface area (Å²) in [6.07, 6.45) is 3.09. The van der Waals surface area contributed by atoms with Gasteiger partial charge in [-0.15, -0.1) is 10.2 Å². The Bertz CT molecular complexity index is 1940. The average Bonchev–Trinajstić information content (AvgIpc) is 3.43. The number of allylic oxidation sites excluding steroid dienone is 1. The van der Waals surface area contributed by atoms with Crippen molar-refractivity contribution < 1.29 is 28.9 Å². The predicted molar refractivity (Wildman–Crippen MR) is 188 cm³/mol. The fourth-order valence-corrected chi connectivity index (χ4v) is 9.93. The normalized spacial score (nSPS) is 13.8. The molecule has 48 heavy (non-hydrogen) atoms. The third-order valence-corrected chi connectivity index (χ3v) is 12.2. The number of rotatable bonds is 8. The molecule has 0 saturated heterocycles. The molecule has 1 aliphatic rings. The van der Waals surface area contributed by atoms with Crippen LogP contribution in [0.25, 0.3) is 6.08 Å². The van der Waals surface area contributed by atoms with Crippen LogP contribution in [0.2, 0.25) is 0 Å². The summed E-state index contributed by atoms with van der Waals surface area (Å²) in [5.41, 5.74) is 6.44. The summed E-state index contributed by atoms with van der Waals surface area (Å²) in [5.74, 6) is 0.0429. The third-order valence-electron chi connectivity index (χ3n) is 8.06. The van der Waals surface area contributed by atoms with Crippen molar-refractivity contribution in [1.29, 1.82) is 0 Å². The van der Waals surface area contributed by atoms with Gasteiger partial charge in [-0.2, -0.15) is 0 Å². The number of fused-ring (bicyclic) bond motifs is 1. The minimum atomic E-state index is -4.94. The van der Waals surface area contributed by atoms with Gasteiger partial charge in [0.25, 0.3) is 0 Å². The van der Waals surface area contributed by atoms with Gasteiger partial charge in [0.1, 0.15) is 15.9 Å². The standard InChI is InChI=1S/C40H30ClPS.ClHO4/c41-38-28-37-30(27-29-13-4-1-5-14-29)15-12-21-35(37)40(38)36-20-10-11-22-39(36)43-34-25-23-33(24-26-34)42(31-16-6-2-7-17-31)32-18-8-3-9-19-32;2-1(3,4)5/h1-26,28,40H,27H2;(H,2,3,4,5). The van der Waals surface area contributed by atoms with Gasteiger partial charge in [-0.05, 0) is 94.9 Å². The summed E-state index contributed by atoms with van der Waals surface area (Å²) in [7, 11) is -6.03. The van der Waals surface area contributed by atoms with Crippen LogP contribution in [0.4, 0.5) is 0 Å². The van der Waals surface area contributed by atoms with E-state index in [4.69, 9.17) is 30.2 Å². The van der Waals surface area contributed by atoms with E-state index < -0.39 is 18.2 Å². The van der Waals surface area contributed by atoms with E-state index in [-0.39, 0.29) is 5.92 Å². The van der Waals surface area contributed by atoms with E-state index in [0.717, 1.165) is 11.5 Å². The Morgan fingerprint density at radius 1 is 0.562 bits per heavy atom. The van der Waals surface area contributed by atoms with Crippen molar-refractivity contribution in [3.8, 4) is 0 Å². The molecule has 0 saturated carbocycles. The van der Waals surface area contributed by atoms with Crippen molar-refractivity contribution in [2.75, 3.05) is 0 Å². The summed E-state index contributed by atoms with van der Waals surface area (Å²) >= 11 is 8.88. The zero-order chi connectivity index (χ0) is 33.5. The molecule has 0 amide bonds. The maximum absolute atomic E-state index is 8.49. The van der Waals surface area contributed by atoms with E-state index in [2.05, 4.69) is 164 Å². The molecule has 0 radical (unpaired) electrons. The molecule has 0 bridgehead atoms. The molecule has 8 heteroatoms. The van der Waals surface area contributed by atoms with Gasteiger partial charge in [0, 0.05) is 20.7 Å². The van der Waals surface area contributed by atoms with E-state index in [1.54, 1.807) is 0 Å². The molecule has 1 unspecified atom stereocenters. The van der Waals surface area contributed by atoms with Gasteiger partial charge in [-0.1, -0.05) is 126 Å². The first-order chi connectivity index (χ1) is 23.2. The molecule has 1 atom stereocenters. The second-order valence-corrected chi connectivity index (χ2v) is 16.0. The van der Waals surface area contributed by atoms with Crippen LogP contribution in [0.3, 0.4) is 0 Å². The molecule has 0 fully saturated rings. The Morgan fingerprint density at radius 3 is 1.67 bits per heavy atom. The molecule has 4 nitrogen and oxygen atoms in total. The van der Waals surface area contributed by atoms with Crippen LogP contribution < -0.4 is 34.5 Å². The topological polar surface area (TPSA) is 92.2 Å². The summed E-state index contributed by atoms with van der Waals surface area (Å²) in [6.45, 7) is 0. The molecule has 0 aliphatic heterocycles. The van der Waals surface area contributed by atoms with Gasteiger partial charge in [0.05, 0.1) is 7.92 Å². The van der Waals surface area contributed by atoms with Crippen LogP contribution in [-0.2, 0) is 6.42 Å². The molecular weight excluding hydrogens is 678 g/mol. The quantitative estimate of drug-likeness (QED) is 0.210. The van der Waals surface area contributed by atoms with Crippen LogP contribution in [0.1, 0.15) is 33.7 Å². The first kappa shape index (κ1) is 34.1. The minimum Gasteiger partial charge on any atom is -0.222 e. The molecule has 0 spiro atoms. The fourth-order valence-electron chi connectivity index (χ4n) is 6.05. The van der Waals surface area contributed by atoms with Crippen molar-refractivity contribution in [2.24, 2.45) is 0 Å². The lowest BCUT2D eigenvalue weighted by atomic mass is 9.90. The van der Waals surface area contributed by atoms with Crippen LogP contribution >= 0.6 is 31.3 Å². The zero-order valence-corrected chi connectivity index (χ0v) is 29.0. The Labute approximate surface area is 293 Å². The summed E-state index contributed by atoms with van der Waals surface area (Å²) in [6, 6.07) is 57.1. The van der Waals surface area contributed by atoms with Crippen molar-refractivity contribution >= 4 is 53.3 Å². The first-order valence-corrected chi connectivity index (χ1v) is 19.2. The van der Waals surface area contributed by atoms with Gasteiger partial charge in [0.15, 0.2) is 0 Å². The lowest BCUT2D eigenvalue weighted by molar-refractivity contribution is -2.00. The van der Waals surface area contributed by atoms with E-state index >= 15 is 0 Å². The van der Waals surface area contributed by atoms with E-state index in [0.29, 0.717) is 0 Å². The molecule has 0 N–H and O–H groups in total. The highest BCUT2D eigenvalue weighted by molar-refractivity contribution is 7.99. The Balaban J connectivity index is 0.000000749. The van der Waals surface area contributed by atoms with E-state index in [9.17, 15) is 0 Å². The molecule has 0 heterocycles. The predicted octanol–water partition coefficient (Wildman–Crippen LogP) is 4.89. The maximum atomic E-state index is 8.49. The number of hydrogen-bond donors (Lipinski definition) is 0. The lowest BCUT2D eigenvalue weighted by Gasteiger charge is -2.19. The Morgan fingerprint density at radius 2 is 1.06 bits per heavy atom. The van der Waals surface area contributed by atoms with Crippen molar-refractivity contribution in [1.82, 2.24) is 0 Å². The van der Waals surface area contributed by atoms with Gasteiger partial charge in [-0.25, -0.2) is 18.6 Å². The number of benzene rings is 6. The van der Waals surface area contributed by atoms with E-state index in [1.165, 1.54) is 53.5 Å². The molecular formula is C40H31Cl2O4PS. The number of hydrogen-bond acceptors (Lipinski definition) is 5. The zero-order valence-electron chi connectivity index (χ0n) is 25.7. The average molecular weight is 710 g/mol. The van der Waals surface area contributed by atoms with Gasteiger partial charge in [-0.3, -0.25) is 0 Å². The summed E-state index contributed by atoms with van der Waals surface area (Å²) in [5, 5.41) is 5.08. The monoisotopic (exact) mass is 708 g/mol. The first-order valence-electron chi connectivity index (χ1n) is 15.2. The highest BCUT2D eigenvalue weighted by Gasteiger charge is 2.29. The van der Waals surface area contributed by atoms with Crippen LogP contribution in [0.5, 0.6) is 0 Å². The Kier molecular flexibility index (Phi) is 11.1. The van der Waals surface area contributed by atoms with Crippen molar-refractivity contribution in [2.45, 2.75) is 22.1 Å². The SMILES string of the molecule is ClC1=Cc2c(Cc3ccccc3)cccc2C1c1ccccc1Sc1ccc([PH+](c2ccccc2)c2ccccc2)cc1.[O-][Cl+3]([O-])([O-])[O-]. The van der Waals surface area contributed by atoms with Crippen LogP contribution in [0.15, 0.2) is 173 Å².